The van der Waals surface area contributed by atoms with E-state index in [2.05, 4.69) is 0 Å². The fourth-order valence-corrected chi connectivity index (χ4v) is 4.37. The lowest BCUT2D eigenvalue weighted by molar-refractivity contribution is -0.139. The normalized spacial score (nSPS) is 18.0. The van der Waals surface area contributed by atoms with Crippen molar-refractivity contribution >= 4 is 11.8 Å². The van der Waals surface area contributed by atoms with E-state index in [-0.39, 0.29) is 11.8 Å². The molecule has 1 heterocycles. The summed E-state index contributed by atoms with van der Waals surface area (Å²) < 4.78 is 5.70. The Morgan fingerprint density at radius 2 is 1.48 bits per heavy atom. The zero-order valence-electron chi connectivity index (χ0n) is 17.9. The lowest BCUT2D eigenvalue weighted by Crippen LogP contribution is -2.50. The molecule has 0 aromatic heterocycles. The van der Waals surface area contributed by atoms with E-state index < -0.39 is 0 Å². The quantitative estimate of drug-likeness (QED) is 0.615. The summed E-state index contributed by atoms with van der Waals surface area (Å²) in [4.78, 5) is 28.8. The minimum Gasteiger partial charge on any atom is -0.494 e. The van der Waals surface area contributed by atoms with Crippen molar-refractivity contribution in [3.8, 4) is 5.75 Å². The molecule has 0 spiro atoms. The molecule has 0 atom stereocenters. The number of carbonyl (C=O) groups is 2. The zero-order chi connectivity index (χ0) is 20.5. The highest BCUT2D eigenvalue weighted by Gasteiger charge is 2.24. The summed E-state index contributed by atoms with van der Waals surface area (Å²) in [5.74, 6) is 2.04. The minimum atomic E-state index is 0.173. The van der Waals surface area contributed by atoms with Gasteiger partial charge in [-0.15, -0.1) is 0 Å². The molecular weight excluding hydrogens is 364 g/mol. The smallest absolute Gasteiger partial charge is 0.222 e. The van der Waals surface area contributed by atoms with Crippen molar-refractivity contribution in [2.45, 2.75) is 64.7 Å². The van der Waals surface area contributed by atoms with Crippen LogP contribution in [0.5, 0.6) is 5.75 Å². The van der Waals surface area contributed by atoms with Crippen molar-refractivity contribution in [3.05, 3.63) is 29.8 Å². The van der Waals surface area contributed by atoms with Crippen LogP contribution in [0, 0.1) is 12.8 Å². The molecule has 1 aliphatic heterocycles. The first kappa shape index (κ1) is 21.7. The van der Waals surface area contributed by atoms with E-state index in [9.17, 15) is 9.59 Å². The van der Waals surface area contributed by atoms with Crippen LogP contribution in [0.1, 0.15) is 63.4 Å². The van der Waals surface area contributed by atoms with Crippen LogP contribution in [0.25, 0.3) is 0 Å². The van der Waals surface area contributed by atoms with Gasteiger partial charge in [0.25, 0.3) is 0 Å². The number of ether oxygens (including phenoxy) is 1. The van der Waals surface area contributed by atoms with Crippen LogP contribution in [0.15, 0.2) is 24.3 Å². The Morgan fingerprint density at radius 1 is 0.897 bits per heavy atom. The van der Waals surface area contributed by atoms with Crippen molar-refractivity contribution in [1.29, 1.82) is 0 Å². The molecule has 1 aliphatic carbocycles. The summed E-state index contributed by atoms with van der Waals surface area (Å²) in [6, 6.07) is 7.97. The van der Waals surface area contributed by atoms with Crippen molar-refractivity contribution in [2.24, 2.45) is 5.92 Å². The van der Waals surface area contributed by atoms with Crippen LogP contribution in [0.4, 0.5) is 0 Å². The Morgan fingerprint density at radius 3 is 2.10 bits per heavy atom. The molecule has 29 heavy (non-hydrogen) atoms. The molecule has 2 fully saturated rings. The molecule has 160 valence electrons. The van der Waals surface area contributed by atoms with Crippen molar-refractivity contribution in [1.82, 2.24) is 9.80 Å². The Balaban J connectivity index is 1.28. The maximum absolute atomic E-state index is 12.5. The molecule has 0 bridgehead atoms. The molecule has 0 unspecified atom stereocenters. The average Bonchev–Trinajstić information content (AvgIpc) is 2.77. The summed E-state index contributed by atoms with van der Waals surface area (Å²) in [6.07, 6.45) is 9.54. The van der Waals surface area contributed by atoms with E-state index in [0.29, 0.717) is 52.0 Å². The fraction of sp³-hybridized carbons (Fsp3) is 0.667. The summed E-state index contributed by atoms with van der Waals surface area (Å²) in [7, 11) is 0. The summed E-state index contributed by atoms with van der Waals surface area (Å²) in [5.41, 5.74) is 1.21. The van der Waals surface area contributed by atoms with Gasteiger partial charge in [-0.05, 0) is 37.8 Å². The number of nitrogens with zero attached hydrogens (tertiary/aromatic N) is 2. The third-order valence-corrected chi connectivity index (χ3v) is 6.30. The first-order valence-corrected chi connectivity index (χ1v) is 11.4. The van der Waals surface area contributed by atoms with E-state index in [1.165, 1.54) is 37.7 Å². The maximum Gasteiger partial charge on any atom is 0.222 e. The molecule has 1 aromatic carbocycles. The number of aryl methyl sites for hydroxylation is 1. The topological polar surface area (TPSA) is 49.9 Å². The fourth-order valence-electron chi connectivity index (χ4n) is 4.37. The molecule has 1 saturated carbocycles. The SMILES string of the molecule is Cc1ccc(OCCCC(=O)N2CCN(C(=O)CCC3CCCCC3)CC2)cc1. The highest BCUT2D eigenvalue weighted by Crippen LogP contribution is 2.27. The van der Waals surface area contributed by atoms with Gasteiger partial charge in [-0.25, -0.2) is 0 Å². The number of hydrogen-bond donors (Lipinski definition) is 0. The van der Waals surface area contributed by atoms with Gasteiger partial charge in [0.15, 0.2) is 0 Å². The first-order chi connectivity index (χ1) is 14.1. The molecular formula is C24H36N2O3. The van der Waals surface area contributed by atoms with E-state index in [4.69, 9.17) is 4.74 Å². The van der Waals surface area contributed by atoms with Crippen LogP contribution >= 0.6 is 0 Å². The molecule has 1 saturated heterocycles. The third-order valence-electron chi connectivity index (χ3n) is 6.30. The van der Waals surface area contributed by atoms with Crippen LogP contribution in [-0.2, 0) is 9.59 Å². The van der Waals surface area contributed by atoms with Gasteiger partial charge in [0.2, 0.25) is 11.8 Å². The number of benzene rings is 1. The van der Waals surface area contributed by atoms with Gasteiger partial charge >= 0.3 is 0 Å². The zero-order valence-corrected chi connectivity index (χ0v) is 17.9. The van der Waals surface area contributed by atoms with Gasteiger partial charge in [-0.1, -0.05) is 49.8 Å². The van der Waals surface area contributed by atoms with E-state index in [0.717, 1.165) is 18.1 Å². The average molecular weight is 401 g/mol. The van der Waals surface area contributed by atoms with E-state index in [1.807, 2.05) is 41.0 Å². The minimum absolute atomic E-state index is 0.173. The molecule has 3 rings (SSSR count). The standard InChI is InChI=1S/C24H36N2O3/c1-20-9-12-22(13-10-20)29-19-5-8-23(27)25-15-17-26(18-16-25)24(28)14-11-21-6-3-2-4-7-21/h9-10,12-13,21H,2-8,11,14-19H2,1H3. The van der Waals surface area contributed by atoms with Crippen molar-refractivity contribution < 1.29 is 14.3 Å². The largest absolute Gasteiger partial charge is 0.494 e. The first-order valence-electron chi connectivity index (χ1n) is 11.4. The second-order valence-electron chi connectivity index (χ2n) is 8.57. The summed E-state index contributed by atoms with van der Waals surface area (Å²) in [5, 5.41) is 0. The molecule has 2 aliphatic rings. The molecule has 1 aromatic rings. The van der Waals surface area contributed by atoms with Gasteiger partial charge in [0.05, 0.1) is 6.61 Å². The Bertz CT molecular complexity index is 645. The summed E-state index contributed by atoms with van der Waals surface area (Å²) >= 11 is 0. The molecule has 5 nitrogen and oxygen atoms in total. The van der Waals surface area contributed by atoms with Crippen LogP contribution < -0.4 is 4.74 Å². The predicted octanol–water partition coefficient (Wildman–Crippen LogP) is 4.19. The number of amides is 2. The number of carbonyl (C=O) groups excluding carboxylic acids is 2. The second kappa shape index (κ2) is 11.2. The molecule has 5 heteroatoms. The van der Waals surface area contributed by atoms with Crippen LogP contribution in [-0.4, -0.2) is 54.4 Å². The lowest BCUT2D eigenvalue weighted by Gasteiger charge is -2.35. The van der Waals surface area contributed by atoms with Gasteiger partial charge in [-0.2, -0.15) is 0 Å². The highest BCUT2D eigenvalue weighted by molar-refractivity contribution is 5.78. The van der Waals surface area contributed by atoms with Gasteiger partial charge < -0.3 is 14.5 Å². The molecule has 0 radical (unpaired) electrons. The summed E-state index contributed by atoms with van der Waals surface area (Å²) in [6.45, 7) is 5.27. The maximum atomic E-state index is 12.5. The Kier molecular flexibility index (Phi) is 8.38. The second-order valence-corrected chi connectivity index (χ2v) is 8.57. The lowest BCUT2D eigenvalue weighted by atomic mass is 9.86. The van der Waals surface area contributed by atoms with Gasteiger partial charge in [0, 0.05) is 39.0 Å². The van der Waals surface area contributed by atoms with E-state index >= 15 is 0 Å². The molecule has 2 amide bonds. The highest BCUT2D eigenvalue weighted by atomic mass is 16.5. The predicted molar refractivity (Wildman–Crippen MR) is 115 cm³/mol. The number of rotatable bonds is 8. The van der Waals surface area contributed by atoms with Crippen LogP contribution in [0.3, 0.4) is 0 Å². The Hall–Kier alpha value is -2.04. The van der Waals surface area contributed by atoms with Crippen LogP contribution in [0.2, 0.25) is 0 Å². The van der Waals surface area contributed by atoms with Gasteiger partial charge in [0.1, 0.15) is 5.75 Å². The van der Waals surface area contributed by atoms with Gasteiger partial charge in [-0.3, -0.25) is 9.59 Å². The number of piperazine rings is 1. The monoisotopic (exact) mass is 400 g/mol. The Labute approximate surface area is 175 Å². The van der Waals surface area contributed by atoms with Crippen molar-refractivity contribution in [2.75, 3.05) is 32.8 Å². The molecule has 0 N–H and O–H groups in total. The number of hydrogen-bond acceptors (Lipinski definition) is 3. The van der Waals surface area contributed by atoms with Crippen molar-refractivity contribution in [3.63, 3.8) is 0 Å². The third kappa shape index (κ3) is 7.06. The van der Waals surface area contributed by atoms with E-state index in [1.54, 1.807) is 0 Å².